The topological polar surface area (TPSA) is 14.2 Å². The number of rotatable bonds is 1. The predicted octanol–water partition coefficient (Wildman–Crippen LogP) is 9.28. The molecule has 0 unspecified atom stereocenters. The van der Waals surface area contributed by atoms with Gasteiger partial charge in [-0.2, -0.15) is 0 Å². The lowest BCUT2D eigenvalue weighted by atomic mass is 9.34. The number of benzene rings is 5. The maximum absolute atomic E-state index is 6.90. The number of nitrogens with zero attached hydrogens (tertiary/aromatic N) is 1. The van der Waals surface area contributed by atoms with Gasteiger partial charge in [0.1, 0.15) is 11.5 Å². The molecule has 0 atom stereocenters. The van der Waals surface area contributed by atoms with Crippen molar-refractivity contribution in [3.8, 4) is 28.3 Å². The normalized spacial score (nSPS) is 14.0. The minimum absolute atomic E-state index is 0.00226. The number of aromatic nitrogens is 1. The molecule has 0 amide bonds. The van der Waals surface area contributed by atoms with Crippen LogP contribution in [-0.2, 0) is 16.2 Å². The average Bonchev–Trinajstić information content (AvgIpc) is 3.32. The Hall–Kier alpha value is -4.24. The van der Waals surface area contributed by atoms with Crippen LogP contribution in [0, 0.1) is 0 Å². The molecule has 1 aromatic heterocycles. The fraction of sp³-hybridized carbons (Fsp3) is 0.286. The van der Waals surface area contributed by atoms with E-state index in [1.807, 2.05) is 0 Å². The van der Waals surface area contributed by atoms with Gasteiger partial charge in [-0.25, -0.2) is 0 Å². The second kappa shape index (κ2) is 9.16. The van der Waals surface area contributed by atoms with E-state index in [9.17, 15) is 0 Å². The molecule has 224 valence electrons. The second-order valence-corrected chi connectivity index (χ2v) is 16.3. The first-order chi connectivity index (χ1) is 21.2. The van der Waals surface area contributed by atoms with Gasteiger partial charge in [-0.1, -0.05) is 117 Å². The van der Waals surface area contributed by atoms with Gasteiger partial charge in [-0.15, -0.1) is 0 Å². The molecule has 2 aliphatic heterocycles. The SMILES string of the molecule is CC(C)(C)c1ccc2c(c1)B1c3c(cc(-c4ccccc4)cc3-n3c4ccc(C(C)(C)C)cc4c4cc(C(C)(C)C)cc1c43)O2. The van der Waals surface area contributed by atoms with Crippen molar-refractivity contribution in [1.29, 1.82) is 0 Å². The number of ether oxygens (including phenoxy) is 1. The Balaban J connectivity index is 1.56. The van der Waals surface area contributed by atoms with E-state index in [0.29, 0.717) is 0 Å². The fourth-order valence-corrected chi connectivity index (χ4v) is 7.45. The van der Waals surface area contributed by atoms with Gasteiger partial charge in [0, 0.05) is 22.0 Å². The first kappa shape index (κ1) is 28.3. The molecule has 5 aromatic carbocycles. The summed E-state index contributed by atoms with van der Waals surface area (Å²) in [7, 11) is 0. The molecule has 8 rings (SSSR count). The zero-order valence-corrected chi connectivity index (χ0v) is 28.1. The van der Waals surface area contributed by atoms with Gasteiger partial charge < -0.3 is 9.30 Å². The molecule has 3 heterocycles. The van der Waals surface area contributed by atoms with Crippen molar-refractivity contribution in [2.45, 2.75) is 78.6 Å². The highest BCUT2D eigenvalue weighted by atomic mass is 16.5. The molecule has 2 aliphatic rings. The van der Waals surface area contributed by atoms with Crippen LogP contribution >= 0.6 is 0 Å². The van der Waals surface area contributed by atoms with Crippen molar-refractivity contribution < 1.29 is 4.74 Å². The van der Waals surface area contributed by atoms with Crippen LogP contribution in [-0.4, -0.2) is 11.3 Å². The Morgan fingerprint density at radius 3 is 1.84 bits per heavy atom. The summed E-state index contributed by atoms with van der Waals surface area (Å²) in [6, 6.07) is 34.4. The Morgan fingerprint density at radius 2 is 1.16 bits per heavy atom. The summed E-state index contributed by atoms with van der Waals surface area (Å²) in [5.74, 6) is 1.92. The molecule has 0 saturated carbocycles. The van der Waals surface area contributed by atoms with Crippen molar-refractivity contribution in [1.82, 2.24) is 4.57 Å². The van der Waals surface area contributed by atoms with E-state index in [-0.39, 0.29) is 23.0 Å². The highest BCUT2D eigenvalue weighted by Gasteiger charge is 2.42. The third-order valence-electron chi connectivity index (χ3n) is 10.1. The van der Waals surface area contributed by atoms with E-state index in [2.05, 4.69) is 158 Å². The third-order valence-corrected chi connectivity index (χ3v) is 10.1. The van der Waals surface area contributed by atoms with Gasteiger partial charge in [0.05, 0.1) is 5.52 Å². The summed E-state index contributed by atoms with van der Waals surface area (Å²) in [5.41, 5.74) is 14.2. The van der Waals surface area contributed by atoms with E-state index in [4.69, 9.17) is 4.74 Å². The van der Waals surface area contributed by atoms with Gasteiger partial charge in [-0.05, 0) is 96.8 Å². The highest BCUT2D eigenvalue weighted by Crippen LogP contribution is 2.42. The largest absolute Gasteiger partial charge is 0.458 e. The Kier molecular flexibility index (Phi) is 5.75. The summed E-state index contributed by atoms with van der Waals surface area (Å²) in [4.78, 5) is 0. The van der Waals surface area contributed by atoms with Gasteiger partial charge in [-0.3, -0.25) is 0 Å². The summed E-state index contributed by atoms with van der Waals surface area (Å²) in [6.07, 6.45) is 0. The lowest BCUT2D eigenvalue weighted by Crippen LogP contribution is -2.58. The zero-order chi connectivity index (χ0) is 31.6. The molecule has 0 N–H and O–H groups in total. The van der Waals surface area contributed by atoms with Gasteiger partial charge in [0.25, 0.3) is 6.71 Å². The Labute approximate surface area is 268 Å². The Morgan fingerprint density at radius 1 is 0.533 bits per heavy atom. The quantitative estimate of drug-likeness (QED) is 0.175. The Bertz CT molecular complexity index is 2180. The molecule has 0 bridgehead atoms. The van der Waals surface area contributed by atoms with Crippen LogP contribution in [0.2, 0.25) is 0 Å². The first-order valence-corrected chi connectivity index (χ1v) is 16.4. The van der Waals surface area contributed by atoms with Crippen LogP contribution in [0.15, 0.2) is 91.0 Å². The summed E-state index contributed by atoms with van der Waals surface area (Å²) in [6.45, 7) is 20.9. The minimum Gasteiger partial charge on any atom is -0.458 e. The van der Waals surface area contributed by atoms with E-state index in [0.717, 1.165) is 11.5 Å². The van der Waals surface area contributed by atoms with Crippen molar-refractivity contribution in [3.05, 3.63) is 108 Å². The van der Waals surface area contributed by atoms with E-state index in [1.54, 1.807) is 0 Å². The molecule has 0 fully saturated rings. The maximum Gasteiger partial charge on any atom is 0.256 e. The van der Waals surface area contributed by atoms with Gasteiger partial charge in [0.2, 0.25) is 0 Å². The molecule has 3 heteroatoms. The maximum atomic E-state index is 6.90. The summed E-state index contributed by atoms with van der Waals surface area (Å²) in [5, 5.41) is 2.67. The van der Waals surface area contributed by atoms with Crippen molar-refractivity contribution in [2.24, 2.45) is 0 Å². The molecule has 0 radical (unpaired) electrons. The first-order valence-electron chi connectivity index (χ1n) is 16.4. The van der Waals surface area contributed by atoms with Crippen LogP contribution < -0.4 is 21.1 Å². The monoisotopic (exact) mass is 587 g/mol. The lowest BCUT2D eigenvalue weighted by molar-refractivity contribution is 0.486. The summed E-state index contributed by atoms with van der Waals surface area (Å²) >= 11 is 0. The molecular formula is C42H42BNO. The minimum atomic E-state index is 0.00226. The van der Waals surface area contributed by atoms with Crippen LogP contribution in [0.1, 0.15) is 79.0 Å². The molecular weight excluding hydrogens is 545 g/mol. The molecule has 6 aromatic rings. The molecule has 0 spiro atoms. The standard InChI is InChI=1S/C42H42BNO/c1-40(2,3)27-15-17-34-30(21-27)31-22-29(42(7,8)9)24-33-39(31)44(34)35-19-26(25-13-11-10-12-14-25)20-37-38(35)43(33)32-23-28(41(4,5)6)16-18-36(32)45-37/h10-24H,1-9H3. The van der Waals surface area contributed by atoms with E-state index >= 15 is 0 Å². The molecule has 2 nitrogen and oxygen atoms in total. The lowest BCUT2D eigenvalue weighted by Gasteiger charge is -2.35. The van der Waals surface area contributed by atoms with Crippen LogP contribution in [0.25, 0.3) is 38.6 Å². The van der Waals surface area contributed by atoms with Gasteiger partial charge in [0.15, 0.2) is 0 Å². The predicted molar refractivity (Wildman–Crippen MR) is 193 cm³/mol. The van der Waals surface area contributed by atoms with Crippen LogP contribution in [0.3, 0.4) is 0 Å². The average molecular weight is 588 g/mol. The third kappa shape index (κ3) is 4.23. The fourth-order valence-electron chi connectivity index (χ4n) is 7.45. The molecule has 0 saturated heterocycles. The highest BCUT2D eigenvalue weighted by molar-refractivity contribution is 6.99. The van der Waals surface area contributed by atoms with Crippen molar-refractivity contribution in [3.63, 3.8) is 0 Å². The van der Waals surface area contributed by atoms with Crippen LogP contribution in [0.4, 0.5) is 0 Å². The number of hydrogen-bond acceptors (Lipinski definition) is 1. The summed E-state index contributed by atoms with van der Waals surface area (Å²) < 4.78 is 9.45. The molecule has 0 aliphatic carbocycles. The number of fused-ring (bicyclic) bond motifs is 7. The van der Waals surface area contributed by atoms with E-state index < -0.39 is 0 Å². The van der Waals surface area contributed by atoms with Crippen LogP contribution in [0.5, 0.6) is 11.5 Å². The molecule has 45 heavy (non-hydrogen) atoms. The van der Waals surface area contributed by atoms with Crippen molar-refractivity contribution >= 4 is 44.9 Å². The second-order valence-electron chi connectivity index (χ2n) is 16.3. The van der Waals surface area contributed by atoms with Gasteiger partial charge >= 0.3 is 0 Å². The van der Waals surface area contributed by atoms with E-state index in [1.165, 1.54) is 71.7 Å². The smallest absolute Gasteiger partial charge is 0.256 e. The number of hydrogen-bond donors (Lipinski definition) is 0. The zero-order valence-electron chi connectivity index (χ0n) is 28.1. The van der Waals surface area contributed by atoms with Crippen molar-refractivity contribution in [2.75, 3.05) is 0 Å².